The van der Waals surface area contributed by atoms with Gasteiger partial charge in [-0.1, -0.05) is 6.92 Å². The molecule has 0 aliphatic carbocycles. The molecule has 16 heavy (non-hydrogen) atoms. The number of halogens is 3. The fourth-order valence-electron chi connectivity index (χ4n) is 1.70. The summed E-state index contributed by atoms with van der Waals surface area (Å²) in [7, 11) is 0. The van der Waals surface area contributed by atoms with Gasteiger partial charge < -0.3 is 10.1 Å². The van der Waals surface area contributed by atoms with Crippen LogP contribution in [0.3, 0.4) is 0 Å². The third-order valence-corrected chi connectivity index (χ3v) is 2.61. The van der Waals surface area contributed by atoms with Crippen LogP contribution < -0.4 is 5.32 Å². The van der Waals surface area contributed by atoms with Crippen LogP contribution in [0, 0.1) is 0 Å². The van der Waals surface area contributed by atoms with E-state index in [2.05, 4.69) is 17.1 Å². The van der Waals surface area contributed by atoms with E-state index < -0.39 is 12.7 Å². The van der Waals surface area contributed by atoms with Gasteiger partial charge in [0.25, 0.3) is 0 Å². The van der Waals surface area contributed by atoms with Crippen molar-refractivity contribution < 1.29 is 17.9 Å². The lowest BCUT2D eigenvalue weighted by Crippen LogP contribution is -2.45. The first-order valence-corrected chi connectivity index (χ1v) is 5.62. The lowest BCUT2D eigenvalue weighted by molar-refractivity contribution is -0.125. The highest BCUT2D eigenvalue weighted by molar-refractivity contribution is 4.71. The van der Waals surface area contributed by atoms with Crippen LogP contribution in [0.25, 0.3) is 0 Å². The summed E-state index contributed by atoms with van der Waals surface area (Å²) in [5, 5.41) is 2.40. The second-order valence-corrected chi connectivity index (χ2v) is 3.99. The molecule has 0 aromatic rings. The molecule has 1 rings (SSSR count). The smallest absolute Gasteiger partial charge is 0.376 e. The van der Waals surface area contributed by atoms with Crippen molar-refractivity contribution >= 4 is 0 Å². The molecule has 1 saturated heterocycles. The van der Waals surface area contributed by atoms with E-state index in [0.29, 0.717) is 19.7 Å². The molecule has 0 aromatic heterocycles. The monoisotopic (exact) mass is 240 g/mol. The third kappa shape index (κ3) is 5.67. The molecule has 1 heterocycles. The van der Waals surface area contributed by atoms with Crippen molar-refractivity contribution in [3.63, 3.8) is 0 Å². The van der Waals surface area contributed by atoms with Gasteiger partial charge in [-0.25, -0.2) is 0 Å². The Morgan fingerprint density at radius 2 is 2.19 bits per heavy atom. The molecule has 0 aromatic carbocycles. The number of ether oxygens (including phenoxy) is 1. The zero-order chi connectivity index (χ0) is 12.0. The maximum absolute atomic E-state index is 11.8. The van der Waals surface area contributed by atoms with Gasteiger partial charge in [0, 0.05) is 26.2 Å². The second-order valence-electron chi connectivity index (χ2n) is 3.99. The molecule has 1 aliphatic heterocycles. The van der Waals surface area contributed by atoms with E-state index in [0.717, 1.165) is 19.5 Å². The Labute approximate surface area is 93.9 Å². The first kappa shape index (κ1) is 13.7. The molecule has 96 valence electrons. The van der Waals surface area contributed by atoms with E-state index in [1.807, 2.05) is 0 Å². The Bertz CT molecular complexity index is 199. The maximum Gasteiger partial charge on any atom is 0.401 e. The molecule has 0 bridgehead atoms. The topological polar surface area (TPSA) is 24.5 Å². The SMILES string of the molecule is CCC1CN(CCNCC(F)(F)F)CCO1. The van der Waals surface area contributed by atoms with Gasteiger partial charge in [0.05, 0.1) is 19.3 Å². The lowest BCUT2D eigenvalue weighted by atomic mass is 10.2. The van der Waals surface area contributed by atoms with Crippen molar-refractivity contribution in [1.82, 2.24) is 10.2 Å². The van der Waals surface area contributed by atoms with Crippen LogP contribution in [0.2, 0.25) is 0 Å². The van der Waals surface area contributed by atoms with Gasteiger partial charge in [0.1, 0.15) is 0 Å². The van der Waals surface area contributed by atoms with E-state index in [-0.39, 0.29) is 6.10 Å². The molecule has 3 nitrogen and oxygen atoms in total. The van der Waals surface area contributed by atoms with Gasteiger partial charge in [0.15, 0.2) is 0 Å². The minimum Gasteiger partial charge on any atom is -0.376 e. The Hall–Kier alpha value is -0.330. The fraction of sp³-hybridized carbons (Fsp3) is 1.00. The highest BCUT2D eigenvalue weighted by atomic mass is 19.4. The van der Waals surface area contributed by atoms with Crippen LogP contribution >= 0.6 is 0 Å². The predicted octanol–water partition coefficient (Wildman–Crippen LogP) is 1.25. The first-order valence-electron chi connectivity index (χ1n) is 5.62. The van der Waals surface area contributed by atoms with Crippen molar-refractivity contribution in [3.8, 4) is 0 Å². The average molecular weight is 240 g/mol. The van der Waals surface area contributed by atoms with Gasteiger partial charge in [-0.05, 0) is 6.42 Å². The highest BCUT2D eigenvalue weighted by Crippen LogP contribution is 2.12. The van der Waals surface area contributed by atoms with Crippen LogP contribution in [0.1, 0.15) is 13.3 Å². The summed E-state index contributed by atoms with van der Waals surface area (Å²) in [6, 6.07) is 0. The molecule has 1 unspecified atom stereocenters. The minimum absolute atomic E-state index is 0.233. The van der Waals surface area contributed by atoms with Crippen molar-refractivity contribution in [3.05, 3.63) is 0 Å². The van der Waals surface area contributed by atoms with E-state index in [4.69, 9.17) is 4.74 Å². The lowest BCUT2D eigenvalue weighted by Gasteiger charge is -2.32. The van der Waals surface area contributed by atoms with Crippen LogP contribution in [0.4, 0.5) is 13.2 Å². The molecule has 1 fully saturated rings. The van der Waals surface area contributed by atoms with Crippen molar-refractivity contribution in [2.24, 2.45) is 0 Å². The number of nitrogens with zero attached hydrogens (tertiary/aromatic N) is 1. The van der Waals surface area contributed by atoms with Crippen molar-refractivity contribution in [2.45, 2.75) is 25.6 Å². The molecule has 0 radical (unpaired) electrons. The normalized spacial score (nSPS) is 23.6. The zero-order valence-electron chi connectivity index (χ0n) is 9.52. The molecular weight excluding hydrogens is 221 g/mol. The molecule has 6 heteroatoms. The highest BCUT2D eigenvalue weighted by Gasteiger charge is 2.26. The van der Waals surface area contributed by atoms with Crippen LogP contribution in [-0.4, -0.2) is 56.5 Å². The summed E-state index contributed by atoms with van der Waals surface area (Å²) >= 11 is 0. The second kappa shape index (κ2) is 6.42. The Morgan fingerprint density at radius 1 is 1.44 bits per heavy atom. The molecule has 1 N–H and O–H groups in total. The van der Waals surface area contributed by atoms with Crippen LogP contribution in [0.5, 0.6) is 0 Å². The number of morpholine rings is 1. The predicted molar refractivity (Wildman–Crippen MR) is 55.4 cm³/mol. The summed E-state index contributed by atoms with van der Waals surface area (Å²) < 4.78 is 41.0. The van der Waals surface area contributed by atoms with Crippen LogP contribution in [0.15, 0.2) is 0 Å². The van der Waals surface area contributed by atoms with E-state index >= 15 is 0 Å². The van der Waals surface area contributed by atoms with Gasteiger partial charge in [-0.2, -0.15) is 13.2 Å². The van der Waals surface area contributed by atoms with Crippen molar-refractivity contribution in [2.75, 3.05) is 39.3 Å². The van der Waals surface area contributed by atoms with Gasteiger partial charge in [0.2, 0.25) is 0 Å². The molecule has 0 spiro atoms. The summed E-state index contributed by atoms with van der Waals surface area (Å²) in [6.45, 7) is 4.47. The summed E-state index contributed by atoms with van der Waals surface area (Å²) in [4.78, 5) is 2.14. The van der Waals surface area contributed by atoms with Crippen molar-refractivity contribution in [1.29, 1.82) is 0 Å². The number of hydrogen-bond donors (Lipinski definition) is 1. The zero-order valence-corrected chi connectivity index (χ0v) is 9.52. The Balaban J connectivity index is 2.08. The summed E-state index contributed by atoms with van der Waals surface area (Å²) in [5.41, 5.74) is 0. The van der Waals surface area contributed by atoms with Crippen LogP contribution in [-0.2, 0) is 4.74 Å². The third-order valence-electron chi connectivity index (χ3n) is 2.61. The van der Waals surface area contributed by atoms with E-state index in [1.54, 1.807) is 0 Å². The largest absolute Gasteiger partial charge is 0.401 e. The molecule has 1 atom stereocenters. The fourth-order valence-corrected chi connectivity index (χ4v) is 1.70. The van der Waals surface area contributed by atoms with Gasteiger partial charge in [-0.3, -0.25) is 4.90 Å². The summed E-state index contributed by atoms with van der Waals surface area (Å²) in [6.07, 6.45) is -2.93. The van der Waals surface area contributed by atoms with E-state index in [9.17, 15) is 13.2 Å². The minimum atomic E-state index is -4.11. The van der Waals surface area contributed by atoms with Gasteiger partial charge >= 0.3 is 6.18 Å². The molecule has 0 saturated carbocycles. The Morgan fingerprint density at radius 3 is 2.81 bits per heavy atom. The maximum atomic E-state index is 11.8. The number of hydrogen-bond acceptors (Lipinski definition) is 3. The molecule has 0 amide bonds. The first-order chi connectivity index (χ1) is 7.51. The quantitative estimate of drug-likeness (QED) is 0.732. The van der Waals surface area contributed by atoms with E-state index in [1.165, 1.54) is 0 Å². The Kier molecular flexibility index (Phi) is 5.51. The molecular formula is C10H19F3N2O. The summed E-state index contributed by atoms with van der Waals surface area (Å²) in [5.74, 6) is 0. The molecule has 1 aliphatic rings. The standard InChI is InChI=1S/C10H19F3N2O/c1-2-9-7-15(5-6-16-9)4-3-14-8-10(11,12)13/h9,14H,2-8H2,1H3. The number of nitrogens with one attached hydrogen (secondary N) is 1. The number of alkyl halides is 3. The van der Waals surface area contributed by atoms with Gasteiger partial charge in [-0.15, -0.1) is 0 Å². The number of rotatable bonds is 5. The average Bonchev–Trinajstić information content (AvgIpc) is 2.23.